The molecule has 0 unspecified atom stereocenters. The highest BCUT2D eigenvalue weighted by Gasteiger charge is 2.15. The summed E-state index contributed by atoms with van der Waals surface area (Å²) in [7, 11) is 1.60. The predicted molar refractivity (Wildman–Crippen MR) is 75.2 cm³/mol. The van der Waals surface area contributed by atoms with Crippen molar-refractivity contribution in [3.8, 4) is 0 Å². The second kappa shape index (κ2) is 5.37. The van der Waals surface area contributed by atoms with E-state index in [0.29, 0.717) is 23.7 Å². The zero-order chi connectivity index (χ0) is 13.1. The second-order valence-corrected chi connectivity index (χ2v) is 5.15. The first-order valence-corrected chi connectivity index (χ1v) is 6.51. The van der Waals surface area contributed by atoms with E-state index < -0.39 is 0 Å². The van der Waals surface area contributed by atoms with Gasteiger partial charge in [0.2, 0.25) is 0 Å². The Balaban J connectivity index is 2.28. The molecule has 96 valence electrons. The lowest BCUT2D eigenvalue weighted by molar-refractivity contribution is 0.0942. The van der Waals surface area contributed by atoms with Crippen molar-refractivity contribution in [2.45, 2.75) is 6.92 Å². The van der Waals surface area contributed by atoms with Gasteiger partial charge in [-0.25, -0.2) is 0 Å². The van der Waals surface area contributed by atoms with E-state index in [1.165, 1.54) is 11.3 Å². The van der Waals surface area contributed by atoms with Crippen LogP contribution in [0.15, 0.2) is 18.2 Å². The van der Waals surface area contributed by atoms with Crippen LogP contribution in [-0.2, 0) is 4.74 Å². The van der Waals surface area contributed by atoms with Crippen molar-refractivity contribution in [2.24, 2.45) is 0 Å². The summed E-state index contributed by atoms with van der Waals surface area (Å²) in [5.41, 5.74) is 7.73. The number of carbonyl (C=O) groups is 1. The van der Waals surface area contributed by atoms with Crippen LogP contribution in [0.5, 0.6) is 0 Å². The predicted octanol–water partition coefficient (Wildman–Crippen LogP) is 2.17. The number of aryl methyl sites for hydroxylation is 1. The van der Waals surface area contributed by atoms with Gasteiger partial charge in [0.05, 0.1) is 12.3 Å². The molecule has 2 aromatic rings. The van der Waals surface area contributed by atoms with Gasteiger partial charge in [-0.05, 0) is 18.6 Å². The molecule has 0 saturated heterocycles. The van der Waals surface area contributed by atoms with E-state index in [-0.39, 0.29) is 5.91 Å². The van der Waals surface area contributed by atoms with Crippen LogP contribution < -0.4 is 11.1 Å². The SMILES string of the molecule is COCCNC(=O)c1sc2cc(C)ccc2c1N. The molecule has 1 aromatic heterocycles. The first kappa shape index (κ1) is 12.9. The number of hydrogen-bond acceptors (Lipinski definition) is 4. The van der Waals surface area contributed by atoms with Crippen molar-refractivity contribution in [1.29, 1.82) is 0 Å². The minimum atomic E-state index is -0.136. The zero-order valence-corrected chi connectivity index (χ0v) is 11.3. The fraction of sp³-hybridized carbons (Fsp3) is 0.308. The molecule has 1 heterocycles. The fourth-order valence-corrected chi connectivity index (χ4v) is 2.88. The molecule has 0 spiro atoms. The van der Waals surface area contributed by atoms with Crippen LogP contribution in [0, 0.1) is 6.92 Å². The number of amides is 1. The molecule has 0 bridgehead atoms. The van der Waals surface area contributed by atoms with Gasteiger partial charge in [-0.15, -0.1) is 11.3 Å². The number of nitrogens with two attached hydrogens (primary N) is 1. The highest BCUT2D eigenvalue weighted by atomic mass is 32.1. The molecule has 0 aliphatic rings. The Hall–Kier alpha value is -1.59. The van der Waals surface area contributed by atoms with Gasteiger partial charge in [0.15, 0.2) is 0 Å². The molecule has 2 rings (SSSR count). The Morgan fingerprint density at radius 2 is 2.28 bits per heavy atom. The maximum atomic E-state index is 12.0. The van der Waals surface area contributed by atoms with Crippen LogP contribution in [0.1, 0.15) is 15.2 Å². The summed E-state index contributed by atoms with van der Waals surface area (Å²) in [4.78, 5) is 12.5. The number of nitrogens with one attached hydrogen (secondary N) is 1. The second-order valence-electron chi connectivity index (χ2n) is 4.09. The van der Waals surface area contributed by atoms with Crippen molar-refractivity contribution >= 4 is 33.0 Å². The van der Waals surface area contributed by atoms with Crippen LogP contribution in [-0.4, -0.2) is 26.2 Å². The standard InChI is InChI=1S/C13H16N2O2S/c1-8-3-4-9-10(7-8)18-12(11(9)14)13(16)15-5-6-17-2/h3-4,7H,5-6,14H2,1-2H3,(H,15,16). The number of benzene rings is 1. The molecule has 0 fully saturated rings. The Morgan fingerprint density at radius 3 is 3.00 bits per heavy atom. The average Bonchev–Trinajstić information content (AvgIpc) is 2.66. The molecular formula is C13H16N2O2S. The van der Waals surface area contributed by atoms with E-state index in [4.69, 9.17) is 10.5 Å². The minimum Gasteiger partial charge on any atom is -0.397 e. The molecule has 5 heteroatoms. The van der Waals surface area contributed by atoms with Gasteiger partial charge in [0, 0.05) is 23.7 Å². The highest BCUT2D eigenvalue weighted by molar-refractivity contribution is 7.21. The van der Waals surface area contributed by atoms with Gasteiger partial charge in [0.1, 0.15) is 4.88 Å². The molecule has 4 nitrogen and oxygen atoms in total. The molecule has 0 radical (unpaired) electrons. The molecule has 0 aliphatic carbocycles. The maximum absolute atomic E-state index is 12.0. The number of carbonyl (C=O) groups excluding carboxylic acids is 1. The normalized spacial score (nSPS) is 10.8. The van der Waals surface area contributed by atoms with Crippen molar-refractivity contribution < 1.29 is 9.53 Å². The van der Waals surface area contributed by atoms with Crippen LogP contribution in [0.25, 0.3) is 10.1 Å². The van der Waals surface area contributed by atoms with Crippen molar-refractivity contribution in [2.75, 3.05) is 26.0 Å². The monoisotopic (exact) mass is 264 g/mol. The maximum Gasteiger partial charge on any atom is 0.263 e. The van der Waals surface area contributed by atoms with Gasteiger partial charge in [0.25, 0.3) is 5.91 Å². The van der Waals surface area contributed by atoms with Crippen LogP contribution >= 0.6 is 11.3 Å². The van der Waals surface area contributed by atoms with E-state index in [1.54, 1.807) is 7.11 Å². The first-order chi connectivity index (χ1) is 8.63. The summed E-state index contributed by atoms with van der Waals surface area (Å²) in [6, 6.07) is 6.00. The topological polar surface area (TPSA) is 64.3 Å². The molecule has 1 aromatic carbocycles. The lowest BCUT2D eigenvalue weighted by Gasteiger charge is -2.02. The summed E-state index contributed by atoms with van der Waals surface area (Å²) in [6.07, 6.45) is 0. The van der Waals surface area contributed by atoms with Crippen LogP contribution in [0.2, 0.25) is 0 Å². The number of fused-ring (bicyclic) bond motifs is 1. The van der Waals surface area contributed by atoms with Crippen LogP contribution in [0.3, 0.4) is 0 Å². The molecular weight excluding hydrogens is 248 g/mol. The third kappa shape index (κ3) is 2.47. The average molecular weight is 264 g/mol. The van der Waals surface area contributed by atoms with Crippen molar-refractivity contribution in [1.82, 2.24) is 5.32 Å². The number of rotatable bonds is 4. The van der Waals surface area contributed by atoms with E-state index in [0.717, 1.165) is 15.6 Å². The van der Waals surface area contributed by atoms with Crippen molar-refractivity contribution in [3.63, 3.8) is 0 Å². The highest BCUT2D eigenvalue weighted by Crippen LogP contribution is 2.33. The zero-order valence-electron chi connectivity index (χ0n) is 10.4. The van der Waals surface area contributed by atoms with Gasteiger partial charge >= 0.3 is 0 Å². The largest absolute Gasteiger partial charge is 0.397 e. The van der Waals surface area contributed by atoms with Crippen LogP contribution in [0.4, 0.5) is 5.69 Å². The first-order valence-electron chi connectivity index (χ1n) is 5.69. The summed E-state index contributed by atoms with van der Waals surface area (Å²) in [5, 5.41) is 3.73. The number of methoxy groups -OCH3 is 1. The number of ether oxygens (including phenoxy) is 1. The van der Waals surface area contributed by atoms with E-state index >= 15 is 0 Å². The summed E-state index contributed by atoms with van der Waals surface area (Å²) in [6.45, 7) is 3.01. The van der Waals surface area contributed by atoms with Gasteiger partial charge < -0.3 is 15.8 Å². The van der Waals surface area contributed by atoms with Gasteiger partial charge in [-0.1, -0.05) is 12.1 Å². The number of hydrogen-bond donors (Lipinski definition) is 2. The Bertz CT molecular complexity index is 578. The van der Waals surface area contributed by atoms with Gasteiger partial charge in [-0.2, -0.15) is 0 Å². The van der Waals surface area contributed by atoms with E-state index in [2.05, 4.69) is 5.32 Å². The molecule has 1 amide bonds. The lowest BCUT2D eigenvalue weighted by atomic mass is 10.1. The van der Waals surface area contributed by atoms with E-state index in [1.807, 2.05) is 25.1 Å². The quantitative estimate of drug-likeness (QED) is 0.832. The Kier molecular flexibility index (Phi) is 3.84. The third-order valence-corrected chi connectivity index (χ3v) is 3.85. The number of nitrogen functional groups attached to an aromatic ring is 1. The summed E-state index contributed by atoms with van der Waals surface area (Å²) < 4.78 is 5.94. The number of thiophene rings is 1. The Morgan fingerprint density at radius 1 is 1.50 bits per heavy atom. The summed E-state index contributed by atoms with van der Waals surface area (Å²) >= 11 is 1.43. The third-order valence-electron chi connectivity index (χ3n) is 2.68. The molecule has 0 aliphatic heterocycles. The fourth-order valence-electron chi connectivity index (χ4n) is 1.74. The molecule has 18 heavy (non-hydrogen) atoms. The smallest absolute Gasteiger partial charge is 0.263 e. The Labute approximate surface area is 110 Å². The summed E-state index contributed by atoms with van der Waals surface area (Å²) in [5.74, 6) is -0.136. The van der Waals surface area contributed by atoms with Gasteiger partial charge in [-0.3, -0.25) is 4.79 Å². The van der Waals surface area contributed by atoms with Crippen molar-refractivity contribution in [3.05, 3.63) is 28.6 Å². The lowest BCUT2D eigenvalue weighted by Crippen LogP contribution is -2.26. The molecule has 0 atom stereocenters. The molecule has 0 saturated carbocycles. The molecule has 3 N–H and O–H groups in total. The number of anilines is 1. The minimum absolute atomic E-state index is 0.136. The van der Waals surface area contributed by atoms with E-state index in [9.17, 15) is 4.79 Å².